The van der Waals surface area contributed by atoms with Crippen molar-refractivity contribution in [1.29, 1.82) is 5.26 Å². The van der Waals surface area contributed by atoms with Crippen molar-refractivity contribution in [1.82, 2.24) is 15.1 Å². The van der Waals surface area contributed by atoms with E-state index in [2.05, 4.69) is 15.1 Å². The number of furan rings is 1. The Morgan fingerprint density at radius 1 is 1.09 bits per heavy atom. The predicted molar refractivity (Wildman–Crippen MR) is 77.5 cm³/mol. The molecule has 3 heterocycles. The third kappa shape index (κ3) is 2.01. The number of rotatable bonds is 2. The number of aromatic nitrogens is 3. The van der Waals surface area contributed by atoms with E-state index in [1.54, 1.807) is 12.1 Å². The molecule has 0 saturated carbocycles. The van der Waals surface area contributed by atoms with Crippen molar-refractivity contribution in [2.75, 3.05) is 0 Å². The molecule has 0 N–H and O–H groups in total. The summed E-state index contributed by atoms with van der Waals surface area (Å²) in [6.07, 6.45) is 1.46. The molecule has 0 fully saturated rings. The molecule has 0 radical (unpaired) electrons. The molecule has 0 saturated heterocycles. The summed E-state index contributed by atoms with van der Waals surface area (Å²) < 4.78 is 10.9. The van der Waals surface area contributed by atoms with E-state index >= 15 is 0 Å². The fourth-order valence-electron chi connectivity index (χ4n) is 2.11. The molecule has 0 spiro atoms. The Hall–Kier alpha value is -3.46. The van der Waals surface area contributed by atoms with Gasteiger partial charge in [0, 0.05) is 11.6 Å². The van der Waals surface area contributed by atoms with Gasteiger partial charge in [0.05, 0.1) is 5.56 Å². The maximum atomic E-state index is 8.77. The number of nitrogens with zero attached hydrogens (tertiary/aromatic N) is 4. The number of nitriles is 1. The Balaban J connectivity index is 1.72. The Labute approximate surface area is 124 Å². The molecular weight excluding hydrogens is 280 g/mol. The average Bonchev–Trinajstić information content (AvgIpc) is 3.21. The van der Waals surface area contributed by atoms with Crippen LogP contribution in [0.5, 0.6) is 0 Å². The smallest absolute Gasteiger partial charge is 0.276 e. The quantitative estimate of drug-likeness (QED) is 0.561. The molecular formula is C16H8N4O2. The lowest BCUT2D eigenvalue weighted by Gasteiger charge is -1.91. The molecule has 0 amide bonds. The van der Waals surface area contributed by atoms with Crippen LogP contribution in [0.1, 0.15) is 5.56 Å². The van der Waals surface area contributed by atoms with Gasteiger partial charge in [0.25, 0.3) is 5.89 Å². The highest BCUT2D eigenvalue weighted by atomic mass is 16.5. The molecule has 0 bridgehead atoms. The van der Waals surface area contributed by atoms with E-state index < -0.39 is 0 Å². The Kier molecular flexibility index (Phi) is 2.70. The highest BCUT2D eigenvalue weighted by molar-refractivity contribution is 5.81. The van der Waals surface area contributed by atoms with Crippen molar-refractivity contribution in [3.8, 4) is 29.2 Å². The van der Waals surface area contributed by atoms with Crippen LogP contribution in [-0.4, -0.2) is 15.1 Å². The summed E-state index contributed by atoms with van der Waals surface area (Å²) in [5.74, 6) is 1.17. The first kappa shape index (κ1) is 12.3. The van der Waals surface area contributed by atoms with Gasteiger partial charge in [-0.05, 0) is 24.3 Å². The van der Waals surface area contributed by atoms with Crippen molar-refractivity contribution in [3.63, 3.8) is 0 Å². The molecule has 0 aliphatic carbocycles. The van der Waals surface area contributed by atoms with Crippen LogP contribution in [0, 0.1) is 11.3 Å². The molecule has 22 heavy (non-hydrogen) atoms. The molecule has 104 valence electrons. The molecule has 0 aliphatic heterocycles. The Morgan fingerprint density at radius 2 is 2.00 bits per heavy atom. The lowest BCUT2D eigenvalue weighted by Crippen LogP contribution is -1.84. The fraction of sp³-hybridized carbons (Fsp3) is 0. The van der Waals surface area contributed by atoms with Crippen molar-refractivity contribution in [2.24, 2.45) is 0 Å². The highest BCUT2D eigenvalue weighted by Gasteiger charge is 2.15. The minimum absolute atomic E-state index is 0.278. The van der Waals surface area contributed by atoms with Crippen LogP contribution in [0.2, 0.25) is 0 Å². The van der Waals surface area contributed by atoms with Crippen LogP contribution in [0.4, 0.5) is 0 Å². The number of para-hydroxylation sites is 1. The lowest BCUT2D eigenvalue weighted by atomic mass is 10.2. The SMILES string of the molecule is N#Cc1ccc(-c2nc(-c3cc4ccccc4o3)no2)nc1. The Morgan fingerprint density at radius 3 is 2.77 bits per heavy atom. The van der Waals surface area contributed by atoms with Crippen LogP contribution in [0.15, 0.2) is 57.6 Å². The van der Waals surface area contributed by atoms with E-state index in [9.17, 15) is 0 Å². The monoisotopic (exact) mass is 288 g/mol. The molecule has 0 aliphatic rings. The van der Waals surface area contributed by atoms with Gasteiger partial charge >= 0.3 is 0 Å². The van der Waals surface area contributed by atoms with E-state index in [1.165, 1.54) is 6.20 Å². The molecule has 0 atom stereocenters. The van der Waals surface area contributed by atoms with Gasteiger partial charge in [0.1, 0.15) is 17.3 Å². The molecule has 3 aromatic heterocycles. The van der Waals surface area contributed by atoms with Crippen LogP contribution in [-0.2, 0) is 0 Å². The average molecular weight is 288 g/mol. The van der Waals surface area contributed by atoms with Crippen molar-refractivity contribution >= 4 is 11.0 Å². The van der Waals surface area contributed by atoms with Gasteiger partial charge in [0.2, 0.25) is 5.82 Å². The molecule has 6 heteroatoms. The summed E-state index contributed by atoms with van der Waals surface area (Å²) in [5.41, 5.74) is 1.75. The molecule has 6 nitrogen and oxygen atoms in total. The molecule has 0 unspecified atom stereocenters. The van der Waals surface area contributed by atoms with E-state index in [1.807, 2.05) is 36.4 Å². The van der Waals surface area contributed by atoms with Gasteiger partial charge in [0.15, 0.2) is 5.76 Å². The third-order valence-electron chi connectivity index (χ3n) is 3.18. The zero-order valence-corrected chi connectivity index (χ0v) is 11.2. The van der Waals surface area contributed by atoms with Gasteiger partial charge in [-0.3, -0.25) is 0 Å². The second-order valence-electron chi connectivity index (χ2n) is 4.62. The largest absolute Gasteiger partial charge is 0.453 e. The van der Waals surface area contributed by atoms with Crippen LogP contribution in [0.25, 0.3) is 34.1 Å². The summed E-state index contributed by atoms with van der Waals surface area (Å²) in [5, 5.41) is 13.7. The highest BCUT2D eigenvalue weighted by Crippen LogP contribution is 2.27. The van der Waals surface area contributed by atoms with Crippen molar-refractivity contribution in [2.45, 2.75) is 0 Å². The van der Waals surface area contributed by atoms with Gasteiger partial charge in [-0.1, -0.05) is 23.4 Å². The fourth-order valence-corrected chi connectivity index (χ4v) is 2.11. The first-order chi connectivity index (χ1) is 10.8. The summed E-state index contributed by atoms with van der Waals surface area (Å²) in [6.45, 7) is 0. The second-order valence-corrected chi connectivity index (χ2v) is 4.62. The van der Waals surface area contributed by atoms with E-state index in [0.29, 0.717) is 22.8 Å². The van der Waals surface area contributed by atoms with Crippen LogP contribution < -0.4 is 0 Å². The molecule has 4 aromatic rings. The van der Waals surface area contributed by atoms with Gasteiger partial charge in [-0.15, -0.1) is 0 Å². The maximum Gasteiger partial charge on any atom is 0.276 e. The summed E-state index contributed by atoms with van der Waals surface area (Å²) in [7, 11) is 0. The summed E-state index contributed by atoms with van der Waals surface area (Å²) in [4.78, 5) is 8.40. The minimum Gasteiger partial charge on any atom is -0.453 e. The first-order valence-electron chi connectivity index (χ1n) is 6.53. The summed E-state index contributed by atoms with van der Waals surface area (Å²) in [6, 6.07) is 14.8. The summed E-state index contributed by atoms with van der Waals surface area (Å²) >= 11 is 0. The standard InChI is InChI=1S/C16H8N4O2/c17-8-10-5-6-12(18-9-10)16-19-15(20-22-16)14-7-11-3-1-2-4-13(11)21-14/h1-7,9H. The third-order valence-corrected chi connectivity index (χ3v) is 3.18. The van der Waals surface area contributed by atoms with E-state index in [4.69, 9.17) is 14.2 Å². The molecule has 1 aromatic carbocycles. The van der Waals surface area contributed by atoms with Crippen LogP contribution >= 0.6 is 0 Å². The maximum absolute atomic E-state index is 8.77. The van der Waals surface area contributed by atoms with Gasteiger partial charge < -0.3 is 8.94 Å². The molecule has 4 rings (SSSR count). The van der Waals surface area contributed by atoms with E-state index in [0.717, 1.165) is 11.0 Å². The zero-order valence-electron chi connectivity index (χ0n) is 11.2. The van der Waals surface area contributed by atoms with Crippen LogP contribution in [0.3, 0.4) is 0 Å². The second kappa shape index (κ2) is 4.82. The van der Waals surface area contributed by atoms with Crippen molar-refractivity contribution < 1.29 is 8.94 Å². The lowest BCUT2D eigenvalue weighted by molar-refractivity contribution is 0.429. The topological polar surface area (TPSA) is 88.7 Å². The number of benzene rings is 1. The number of hydrogen-bond donors (Lipinski definition) is 0. The van der Waals surface area contributed by atoms with Crippen molar-refractivity contribution in [3.05, 3.63) is 54.2 Å². The normalized spacial score (nSPS) is 10.7. The number of pyridine rings is 1. The van der Waals surface area contributed by atoms with Gasteiger partial charge in [-0.25, -0.2) is 4.98 Å². The van der Waals surface area contributed by atoms with Gasteiger partial charge in [-0.2, -0.15) is 10.2 Å². The van der Waals surface area contributed by atoms with E-state index in [-0.39, 0.29) is 5.89 Å². The predicted octanol–water partition coefficient (Wildman–Crippen LogP) is 3.42. The Bertz CT molecular complexity index is 960. The number of hydrogen-bond acceptors (Lipinski definition) is 6. The zero-order chi connectivity index (χ0) is 14.9. The number of fused-ring (bicyclic) bond motifs is 1. The first-order valence-corrected chi connectivity index (χ1v) is 6.53. The minimum atomic E-state index is 0.278.